The van der Waals surface area contributed by atoms with Gasteiger partial charge < -0.3 is 4.74 Å². The van der Waals surface area contributed by atoms with Gasteiger partial charge in [-0.2, -0.15) is 5.10 Å². The Kier molecular flexibility index (Phi) is 3.71. The zero-order valence-electron chi connectivity index (χ0n) is 9.88. The topological polar surface area (TPSA) is 42.8 Å². The van der Waals surface area contributed by atoms with Gasteiger partial charge in [-0.25, -0.2) is 0 Å². The third-order valence-electron chi connectivity index (χ3n) is 2.72. The molecule has 0 saturated heterocycles. The van der Waals surface area contributed by atoms with Crippen LogP contribution in [0.2, 0.25) is 0 Å². The lowest BCUT2D eigenvalue weighted by molar-refractivity contribution is 0.173. The number of rotatable bonds is 4. The average molecular weight is 249 g/mol. The first-order chi connectivity index (χ1) is 8.24. The summed E-state index contributed by atoms with van der Waals surface area (Å²) in [7, 11) is 1.65. The first-order valence-electron chi connectivity index (χ1n) is 5.43. The molecule has 90 valence electrons. The number of aromatic amines is 1. The van der Waals surface area contributed by atoms with Crippen molar-refractivity contribution in [3.63, 3.8) is 0 Å². The molecule has 1 atom stereocenters. The summed E-state index contributed by atoms with van der Waals surface area (Å²) in [5.41, 5.74) is 1.20. The molecule has 2 rings (SSSR count). The van der Waals surface area contributed by atoms with Crippen molar-refractivity contribution in [3.8, 4) is 0 Å². The van der Waals surface area contributed by atoms with E-state index in [4.69, 9.17) is 17.0 Å². The van der Waals surface area contributed by atoms with E-state index in [9.17, 15) is 0 Å². The molecular formula is C12H15N3OS. The summed E-state index contributed by atoms with van der Waals surface area (Å²) in [5, 5.41) is 6.98. The van der Waals surface area contributed by atoms with E-state index in [1.165, 1.54) is 5.56 Å². The number of benzene rings is 1. The molecule has 0 amide bonds. The Hall–Kier alpha value is -1.46. The summed E-state index contributed by atoms with van der Waals surface area (Å²) < 4.78 is 7.72. The number of methoxy groups -OCH3 is 1. The lowest BCUT2D eigenvalue weighted by atomic mass is 10.1. The number of H-pyrrole nitrogens is 1. The summed E-state index contributed by atoms with van der Waals surface area (Å²) in [4.78, 5) is 0. The monoisotopic (exact) mass is 249 g/mol. The molecule has 1 heterocycles. The molecular weight excluding hydrogens is 234 g/mol. The number of hydrogen-bond donors (Lipinski definition) is 1. The molecule has 0 radical (unpaired) electrons. The number of nitrogens with one attached hydrogen (secondary N) is 1. The minimum atomic E-state index is 0.146. The van der Waals surface area contributed by atoms with Crippen LogP contribution in [0.4, 0.5) is 0 Å². The first-order valence-corrected chi connectivity index (χ1v) is 5.84. The molecule has 17 heavy (non-hydrogen) atoms. The molecule has 0 saturated carbocycles. The quantitative estimate of drug-likeness (QED) is 0.847. The van der Waals surface area contributed by atoms with E-state index in [-0.39, 0.29) is 6.04 Å². The Labute approximate surface area is 105 Å². The van der Waals surface area contributed by atoms with Crippen molar-refractivity contribution < 1.29 is 4.74 Å². The predicted octanol–water partition coefficient (Wildman–Crippen LogP) is 2.70. The highest BCUT2D eigenvalue weighted by Gasteiger charge is 2.13. The van der Waals surface area contributed by atoms with Gasteiger partial charge in [0.05, 0.1) is 6.04 Å². The molecule has 1 aromatic heterocycles. The lowest BCUT2D eigenvalue weighted by Gasteiger charge is -2.15. The van der Waals surface area contributed by atoms with Crippen molar-refractivity contribution in [3.05, 3.63) is 46.5 Å². The summed E-state index contributed by atoms with van der Waals surface area (Å²) in [5.74, 6) is 0.814. The highest BCUT2D eigenvalue weighted by molar-refractivity contribution is 7.71. The molecule has 5 heteroatoms. The van der Waals surface area contributed by atoms with Crippen LogP contribution in [0, 0.1) is 4.77 Å². The molecule has 1 unspecified atom stereocenters. The summed E-state index contributed by atoms with van der Waals surface area (Å²) in [6.45, 7) is 2.55. The van der Waals surface area contributed by atoms with Crippen molar-refractivity contribution >= 4 is 12.2 Å². The normalized spacial score (nSPS) is 12.6. The van der Waals surface area contributed by atoms with Crippen molar-refractivity contribution in [2.45, 2.75) is 19.6 Å². The second-order valence-electron chi connectivity index (χ2n) is 3.83. The standard InChI is InChI=1S/C12H15N3OS/c1-9(10-6-4-3-5-7-10)15-11(8-16-2)13-14-12(15)17/h3-7,9H,8H2,1-2H3,(H,14,17). The van der Waals surface area contributed by atoms with Gasteiger partial charge in [0.1, 0.15) is 6.61 Å². The van der Waals surface area contributed by atoms with Crippen LogP contribution in [-0.2, 0) is 11.3 Å². The largest absolute Gasteiger partial charge is 0.377 e. The molecule has 0 fully saturated rings. The fourth-order valence-electron chi connectivity index (χ4n) is 1.85. The Balaban J connectivity index is 2.40. The second-order valence-corrected chi connectivity index (χ2v) is 4.22. The smallest absolute Gasteiger partial charge is 0.195 e. The van der Waals surface area contributed by atoms with Crippen LogP contribution in [0.3, 0.4) is 0 Å². The van der Waals surface area contributed by atoms with Crippen LogP contribution >= 0.6 is 12.2 Å². The van der Waals surface area contributed by atoms with Gasteiger partial charge in [0.25, 0.3) is 0 Å². The molecule has 1 N–H and O–H groups in total. The van der Waals surface area contributed by atoms with E-state index in [1.54, 1.807) is 7.11 Å². The number of aromatic nitrogens is 3. The van der Waals surface area contributed by atoms with Gasteiger partial charge in [0, 0.05) is 7.11 Å². The van der Waals surface area contributed by atoms with Gasteiger partial charge in [0.15, 0.2) is 10.6 Å². The van der Waals surface area contributed by atoms with Crippen molar-refractivity contribution in [2.75, 3.05) is 7.11 Å². The highest BCUT2D eigenvalue weighted by Crippen LogP contribution is 2.19. The Morgan fingerprint density at radius 2 is 2.12 bits per heavy atom. The van der Waals surface area contributed by atoms with Gasteiger partial charge in [0.2, 0.25) is 0 Å². The summed E-state index contributed by atoms with van der Waals surface area (Å²) >= 11 is 5.25. The van der Waals surface area contributed by atoms with Crippen LogP contribution in [0.15, 0.2) is 30.3 Å². The zero-order valence-corrected chi connectivity index (χ0v) is 10.7. The van der Waals surface area contributed by atoms with E-state index in [2.05, 4.69) is 29.3 Å². The zero-order chi connectivity index (χ0) is 12.3. The molecule has 0 bridgehead atoms. The van der Waals surface area contributed by atoms with Gasteiger partial charge in [-0.3, -0.25) is 9.67 Å². The van der Waals surface area contributed by atoms with Crippen molar-refractivity contribution in [2.24, 2.45) is 0 Å². The number of nitrogens with zero attached hydrogens (tertiary/aromatic N) is 2. The van der Waals surface area contributed by atoms with Crippen LogP contribution in [0.1, 0.15) is 24.4 Å². The van der Waals surface area contributed by atoms with E-state index >= 15 is 0 Å². The molecule has 0 aliphatic heterocycles. The van der Waals surface area contributed by atoms with Gasteiger partial charge in [-0.05, 0) is 24.7 Å². The molecule has 0 aliphatic carbocycles. The molecule has 1 aromatic carbocycles. The molecule has 0 spiro atoms. The predicted molar refractivity (Wildman–Crippen MR) is 68.4 cm³/mol. The fourth-order valence-corrected chi connectivity index (χ4v) is 2.16. The number of ether oxygens (including phenoxy) is 1. The average Bonchev–Trinajstić information content (AvgIpc) is 2.71. The van der Waals surface area contributed by atoms with Crippen LogP contribution in [0.5, 0.6) is 0 Å². The second kappa shape index (κ2) is 5.25. The molecule has 2 aromatic rings. The van der Waals surface area contributed by atoms with Gasteiger partial charge in [-0.15, -0.1) is 0 Å². The number of hydrogen-bond acceptors (Lipinski definition) is 3. The molecule has 0 aliphatic rings. The maximum absolute atomic E-state index is 5.25. The third kappa shape index (κ3) is 2.45. The van der Waals surface area contributed by atoms with Crippen molar-refractivity contribution in [1.29, 1.82) is 0 Å². The minimum absolute atomic E-state index is 0.146. The Morgan fingerprint density at radius 1 is 1.41 bits per heavy atom. The first kappa shape index (κ1) is 12.0. The van der Waals surface area contributed by atoms with E-state index in [0.717, 1.165) is 5.82 Å². The highest BCUT2D eigenvalue weighted by atomic mass is 32.1. The van der Waals surface area contributed by atoms with Crippen molar-refractivity contribution in [1.82, 2.24) is 14.8 Å². The van der Waals surface area contributed by atoms with Gasteiger partial charge in [-0.1, -0.05) is 30.3 Å². The van der Waals surface area contributed by atoms with E-state index in [1.807, 2.05) is 22.8 Å². The fraction of sp³-hybridized carbons (Fsp3) is 0.333. The summed E-state index contributed by atoms with van der Waals surface area (Å²) in [6.07, 6.45) is 0. The molecule has 4 nitrogen and oxygen atoms in total. The van der Waals surface area contributed by atoms with Gasteiger partial charge >= 0.3 is 0 Å². The lowest BCUT2D eigenvalue weighted by Crippen LogP contribution is -2.11. The maximum atomic E-state index is 5.25. The van der Waals surface area contributed by atoms with Crippen LogP contribution in [0.25, 0.3) is 0 Å². The van der Waals surface area contributed by atoms with Crippen LogP contribution < -0.4 is 0 Å². The SMILES string of the molecule is COCc1n[nH]c(=S)n1C(C)c1ccccc1. The third-order valence-corrected chi connectivity index (χ3v) is 3.01. The Morgan fingerprint density at radius 3 is 2.76 bits per heavy atom. The minimum Gasteiger partial charge on any atom is -0.377 e. The van der Waals surface area contributed by atoms with E-state index < -0.39 is 0 Å². The summed E-state index contributed by atoms with van der Waals surface area (Å²) in [6, 6.07) is 10.3. The van der Waals surface area contributed by atoms with E-state index in [0.29, 0.717) is 11.4 Å². The maximum Gasteiger partial charge on any atom is 0.195 e. The van der Waals surface area contributed by atoms with Crippen LogP contribution in [-0.4, -0.2) is 21.9 Å². The Bertz CT molecular complexity index is 532.